The van der Waals surface area contributed by atoms with Crippen molar-refractivity contribution in [2.24, 2.45) is 5.92 Å². The average molecular weight is 299 g/mol. The predicted molar refractivity (Wildman–Crippen MR) is 87.6 cm³/mol. The third-order valence-corrected chi connectivity index (χ3v) is 5.61. The Morgan fingerprint density at radius 2 is 2.24 bits per heavy atom. The van der Waals surface area contributed by atoms with Crippen LogP contribution in [0.3, 0.4) is 0 Å². The van der Waals surface area contributed by atoms with Crippen molar-refractivity contribution in [3.05, 3.63) is 46.4 Å². The average Bonchev–Trinajstić information content (AvgIpc) is 3.26. The molecule has 1 unspecified atom stereocenters. The summed E-state index contributed by atoms with van der Waals surface area (Å²) in [6, 6.07) is 8.81. The van der Waals surface area contributed by atoms with Crippen LogP contribution in [0.15, 0.2) is 36.0 Å². The quantitative estimate of drug-likeness (QED) is 0.941. The van der Waals surface area contributed by atoms with Gasteiger partial charge in [-0.3, -0.25) is 4.98 Å². The lowest BCUT2D eigenvalue weighted by molar-refractivity contribution is 0.316. The number of nitrogens with zero attached hydrogens (tertiary/aromatic N) is 2. The molecule has 0 radical (unpaired) electrons. The highest BCUT2D eigenvalue weighted by atomic mass is 32.1. The van der Waals surface area contributed by atoms with Gasteiger partial charge >= 0.3 is 0 Å². The Hall–Kier alpha value is -1.39. The molecule has 1 atom stereocenters. The first-order valence-electron chi connectivity index (χ1n) is 7.70. The number of para-hydroxylation sites is 1. The summed E-state index contributed by atoms with van der Waals surface area (Å²) in [5.74, 6) is 0.829. The fraction of sp³-hybridized carbons (Fsp3) is 0.471. The largest absolute Gasteiger partial charge is 0.364 e. The van der Waals surface area contributed by atoms with Crippen LogP contribution in [-0.4, -0.2) is 17.1 Å². The molecule has 3 nitrogen and oxygen atoms in total. The Labute approximate surface area is 130 Å². The third-order valence-electron chi connectivity index (χ3n) is 4.84. The first-order chi connectivity index (χ1) is 10.2. The van der Waals surface area contributed by atoms with Crippen LogP contribution >= 0.6 is 11.3 Å². The third kappa shape index (κ3) is 2.58. The Morgan fingerprint density at radius 3 is 3.00 bits per heavy atom. The molecular formula is C17H21N3S. The summed E-state index contributed by atoms with van der Waals surface area (Å²) in [7, 11) is 0. The Morgan fingerprint density at radius 1 is 1.38 bits per heavy atom. The van der Waals surface area contributed by atoms with E-state index in [0.29, 0.717) is 0 Å². The number of hydrogen-bond donors (Lipinski definition) is 1. The molecule has 0 saturated heterocycles. The summed E-state index contributed by atoms with van der Waals surface area (Å²) in [5.41, 5.74) is 4.94. The first kappa shape index (κ1) is 13.3. The van der Waals surface area contributed by atoms with Gasteiger partial charge in [-0.05, 0) is 37.3 Å². The van der Waals surface area contributed by atoms with Gasteiger partial charge in [0.1, 0.15) is 0 Å². The van der Waals surface area contributed by atoms with Crippen molar-refractivity contribution in [1.29, 1.82) is 0 Å². The highest BCUT2D eigenvalue weighted by molar-refractivity contribution is 7.09. The summed E-state index contributed by atoms with van der Waals surface area (Å²) in [4.78, 5) is 8.11. The van der Waals surface area contributed by atoms with E-state index in [-0.39, 0.29) is 5.54 Å². The topological polar surface area (TPSA) is 28.2 Å². The lowest BCUT2D eigenvalue weighted by Crippen LogP contribution is -2.51. The summed E-state index contributed by atoms with van der Waals surface area (Å²) in [5, 5.41) is 3.83. The fourth-order valence-electron chi connectivity index (χ4n) is 3.45. The van der Waals surface area contributed by atoms with E-state index in [1.807, 2.05) is 11.7 Å². The van der Waals surface area contributed by atoms with Crippen LogP contribution in [0.4, 0.5) is 5.69 Å². The van der Waals surface area contributed by atoms with E-state index in [1.54, 1.807) is 11.3 Å². The van der Waals surface area contributed by atoms with E-state index >= 15 is 0 Å². The van der Waals surface area contributed by atoms with Gasteiger partial charge in [-0.1, -0.05) is 18.2 Å². The Bertz CT molecular complexity index is 621. The smallest absolute Gasteiger partial charge is 0.0794 e. The van der Waals surface area contributed by atoms with Crippen LogP contribution in [0.5, 0.6) is 0 Å². The van der Waals surface area contributed by atoms with Crippen LogP contribution in [-0.2, 0) is 13.1 Å². The molecule has 1 aliphatic heterocycles. The van der Waals surface area contributed by atoms with E-state index in [9.17, 15) is 0 Å². The van der Waals surface area contributed by atoms with Gasteiger partial charge in [0.2, 0.25) is 0 Å². The van der Waals surface area contributed by atoms with E-state index in [2.05, 4.69) is 46.4 Å². The molecule has 0 spiro atoms. The lowest BCUT2D eigenvalue weighted by atomic mass is 9.95. The molecule has 4 rings (SSSR count). The van der Waals surface area contributed by atoms with Gasteiger partial charge in [0.15, 0.2) is 0 Å². The van der Waals surface area contributed by atoms with Crippen LogP contribution in [0.1, 0.15) is 30.2 Å². The number of nitrogens with one attached hydrogen (secondary N) is 1. The normalized spacial score (nSPS) is 25.5. The van der Waals surface area contributed by atoms with Crippen LogP contribution in [0, 0.1) is 5.92 Å². The maximum Gasteiger partial charge on any atom is 0.0794 e. The molecule has 1 fully saturated rings. The summed E-state index contributed by atoms with van der Waals surface area (Å²) in [6.45, 7) is 5.41. The number of benzene rings is 1. The van der Waals surface area contributed by atoms with Gasteiger partial charge < -0.3 is 10.2 Å². The summed E-state index contributed by atoms with van der Waals surface area (Å²) in [6.07, 6.45) is 4.74. The summed E-state index contributed by atoms with van der Waals surface area (Å²) < 4.78 is 0. The van der Waals surface area contributed by atoms with Gasteiger partial charge in [0.05, 0.1) is 12.1 Å². The molecular weight excluding hydrogens is 278 g/mol. The second-order valence-electron chi connectivity index (χ2n) is 6.50. The molecule has 1 N–H and O–H groups in total. The molecule has 21 heavy (non-hydrogen) atoms. The van der Waals surface area contributed by atoms with Crippen LogP contribution in [0.25, 0.3) is 0 Å². The van der Waals surface area contributed by atoms with Crippen molar-refractivity contribution in [2.75, 3.05) is 11.4 Å². The van der Waals surface area contributed by atoms with Crippen molar-refractivity contribution in [3.8, 4) is 0 Å². The second kappa shape index (κ2) is 5.11. The van der Waals surface area contributed by atoms with Crippen molar-refractivity contribution in [1.82, 2.24) is 10.3 Å². The van der Waals surface area contributed by atoms with E-state index in [0.717, 1.165) is 25.6 Å². The van der Waals surface area contributed by atoms with Crippen LogP contribution < -0.4 is 10.2 Å². The van der Waals surface area contributed by atoms with Crippen molar-refractivity contribution in [3.63, 3.8) is 0 Å². The van der Waals surface area contributed by atoms with Gasteiger partial charge in [0.25, 0.3) is 0 Å². The van der Waals surface area contributed by atoms with Crippen molar-refractivity contribution in [2.45, 2.75) is 38.4 Å². The number of fused-ring (bicyclic) bond motifs is 1. The van der Waals surface area contributed by atoms with Crippen molar-refractivity contribution >= 4 is 17.0 Å². The zero-order chi connectivity index (χ0) is 14.3. The molecule has 1 aromatic heterocycles. The number of thiazole rings is 1. The standard InChI is InChI=1S/C17H21N3S/c1-17(14-6-7-14)11-20(10-15-9-18-12-21-15)16-5-3-2-4-13(16)8-19-17/h2-5,9,12,14,19H,6-8,10-11H2,1H3. The maximum atomic E-state index is 4.23. The Kier molecular flexibility index (Phi) is 3.23. The first-order valence-corrected chi connectivity index (χ1v) is 8.58. The predicted octanol–water partition coefficient (Wildman–Crippen LogP) is 3.42. The number of aromatic nitrogens is 1. The number of hydrogen-bond acceptors (Lipinski definition) is 4. The minimum Gasteiger partial charge on any atom is -0.364 e. The monoisotopic (exact) mass is 299 g/mol. The SMILES string of the molecule is CC1(C2CC2)CN(Cc2cncs2)c2ccccc2CN1. The van der Waals surface area contributed by atoms with Gasteiger partial charge in [-0.25, -0.2) is 0 Å². The highest BCUT2D eigenvalue weighted by Crippen LogP contribution is 2.42. The van der Waals surface area contributed by atoms with E-state index in [1.165, 1.54) is 29.0 Å². The molecule has 1 saturated carbocycles. The molecule has 2 aliphatic rings. The number of rotatable bonds is 3. The molecule has 2 aromatic rings. The van der Waals surface area contributed by atoms with Gasteiger partial charge in [-0.2, -0.15) is 0 Å². The molecule has 4 heteroatoms. The maximum absolute atomic E-state index is 4.23. The minimum atomic E-state index is 0.226. The molecule has 110 valence electrons. The van der Waals surface area contributed by atoms with Crippen LogP contribution in [0.2, 0.25) is 0 Å². The highest BCUT2D eigenvalue weighted by Gasteiger charge is 2.43. The zero-order valence-electron chi connectivity index (χ0n) is 12.4. The molecule has 0 amide bonds. The number of anilines is 1. The Balaban J connectivity index is 1.68. The molecule has 0 bridgehead atoms. The van der Waals surface area contributed by atoms with E-state index < -0.39 is 0 Å². The molecule has 2 heterocycles. The van der Waals surface area contributed by atoms with E-state index in [4.69, 9.17) is 0 Å². The van der Waals surface area contributed by atoms with Gasteiger partial charge in [-0.15, -0.1) is 11.3 Å². The second-order valence-corrected chi connectivity index (χ2v) is 7.47. The molecule has 1 aromatic carbocycles. The lowest BCUT2D eigenvalue weighted by Gasteiger charge is -2.35. The van der Waals surface area contributed by atoms with Crippen molar-refractivity contribution < 1.29 is 0 Å². The van der Waals surface area contributed by atoms with Gasteiger partial charge in [0, 0.05) is 35.4 Å². The fourth-order valence-corrected chi connectivity index (χ4v) is 4.06. The summed E-state index contributed by atoms with van der Waals surface area (Å²) >= 11 is 1.75. The zero-order valence-corrected chi connectivity index (χ0v) is 13.2. The molecule has 1 aliphatic carbocycles. The minimum absolute atomic E-state index is 0.226.